The number of carbonyl (C=O) groups is 1. The minimum Gasteiger partial charge on any atom is -0.493 e. The molecule has 0 saturated heterocycles. The number of aliphatic hydroxyl groups excluding tert-OH is 1. The van der Waals surface area contributed by atoms with Crippen LogP contribution in [0.5, 0.6) is 5.75 Å². The largest absolute Gasteiger partial charge is 0.493 e. The molecule has 2 N–H and O–H groups in total. The number of hydrogen-bond acceptors (Lipinski definition) is 4. The van der Waals surface area contributed by atoms with Crippen LogP contribution in [0.1, 0.15) is 31.9 Å². The average molecular weight is 342 g/mol. The predicted molar refractivity (Wildman–Crippen MR) is 89.2 cm³/mol. The minimum atomic E-state index is -0.541. The average Bonchev–Trinajstić information content (AvgIpc) is 2.89. The molecule has 0 spiro atoms. The highest BCUT2D eigenvalue weighted by atomic mass is 35.5. The molecular formula is C17H24ClNO4. The summed E-state index contributed by atoms with van der Waals surface area (Å²) in [6, 6.07) is 3.78. The van der Waals surface area contributed by atoms with E-state index in [1.807, 2.05) is 32.9 Å². The van der Waals surface area contributed by atoms with Gasteiger partial charge in [-0.2, -0.15) is 0 Å². The number of amides is 1. The van der Waals surface area contributed by atoms with Gasteiger partial charge in [0, 0.05) is 30.5 Å². The Morgan fingerprint density at radius 2 is 2.22 bits per heavy atom. The summed E-state index contributed by atoms with van der Waals surface area (Å²) in [4.78, 5) is 11.7. The first-order chi connectivity index (χ1) is 10.8. The van der Waals surface area contributed by atoms with Crippen molar-refractivity contribution in [3.63, 3.8) is 0 Å². The summed E-state index contributed by atoms with van der Waals surface area (Å²) in [6.07, 6.45) is 0.946. The summed E-state index contributed by atoms with van der Waals surface area (Å²) >= 11 is 6.15. The molecule has 0 saturated carbocycles. The fourth-order valence-electron chi connectivity index (χ4n) is 2.55. The summed E-state index contributed by atoms with van der Waals surface area (Å²) in [5.41, 5.74) is 1.53. The SMILES string of the molecule is CC(C)(C)OC(=O)NCC(CO)Cc1cc(Cl)cc2c1OCC2. The molecule has 1 aliphatic rings. The van der Waals surface area contributed by atoms with Gasteiger partial charge in [0.2, 0.25) is 0 Å². The van der Waals surface area contributed by atoms with Crippen LogP contribution in [0.2, 0.25) is 5.02 Å². The maximum atomic E-state index is 11.7. The Kier molecular flexibility index (Phi) is 5.76. The van der Waals surface area contributed by atoms with Gasteiger partial charge in [-0.1, -0.05) is 11.6 Å². The van der Waals surface area contributed by atoms with Crippen LogP contribution >= 0.6 is 11.6 Å². The number of ether oxygens (including phenoxy) is 2. The molecule has 1 atom stereocenters. The predicted octanol–water partition coefficient (Wildman–Crippen LogP) is 2.95. The highest BCUT2D eigenvalue weighted by Gasteiger charge is 2.21. The van der Waals surface area contributed by atoms with Gasteiger partial charge < -0.3 is 19.9 Å². The molecule has 0 radical (unpaired) electrons. The topological polar surface area (TPSA) is 67.8 Å². The first kappa shape index (κ1) is 17.9. The Balaban J connectivity index is 1.97. The lowest BCUT2D eigenvalue weighted by Crippen LogP contribution is -2.36. The first-order valence-corrected chi connectivity index (χ1v) is 8.18. The van der Waals surface area contributed by atoms with Crippen LogP contribution in [0.15, 0.2) is 12.1 Å². The monoisotopic (exact) mass is 341 g/mol. The highest BCUT2D eigenvalue weighted by molar-refractivity contribution is 6.30. The fraction of sp³-hybridized carbons (Fsp3) is 0.588. The number of alkyl carbamates (subject to hydrolysis) is 1. The van der Waals surface area contributed by atoms with Crippen molar-refractivity contribution in [2.75, 3.05) is 19.8 Å². The van der Waals surface area contributed by atoms with E-state index < -0.39 is 11.7 Å². The Bertz CT molecular complexity index is 568. The molecular weight excluding hydrogens is 318 g/mol. The molecule has 0 aromatic heterocycles. The molecule has 1 aliphatic heterocycles. The molecule has 1 aromatic carbocycles. The van der Waals surface area contributed by atoms with Crippen molar-refractivity contribution >= 4 is 17.7 Å². The molecule has 0 aliphatic carbocycles. The lowest BCUT2D eigenvalue weighted by molar-refractivity contribution is 0.0512. The van der Waals surface area contributed by atoms with E-state index in [0.717, 1.165) is 23.3 Å². The maximum absolute atomic E-state index is 11.7. The van der Waals surface area contributed by atoms with Crippen LogP contribution < -0.4 is 10.1 Å². The molecule has 0 bridgehead atoms. The van der Waals surface area contributed by atoms with E-state index in [4.69, 9.17) is 21.1 Å². The molecule has 23 heavy (non-hydrogen) atoms. The van der Waals surface area contributed by atoms with Crippen molar-refractivity contribution in [2.24, 2.45) is 5.92 Å². The van der Waals surface area contributed by atoms with E-state index in [-0.39, 0.29) is 12.5 Å². The second-order valence-electron chi connectivity index (χ2n) is 6.79. The lowest BCUT2D eigenvalue weighted by atomic mass is 9.97. The quantitative estimate of drug-likeness (QED) is 0.864. The first-order valence-electron chi connectivity index (χ1n) is 7.80. The van der Waals surface area contributed by atoms with Crippen molar-refractivity contribution in [1.29, 1.82) is 0 Å². The fourth-order valence-corrected chi connectivity index (χ4v) is 2.82. The lowest BCUT2D eigenvalue weighted by Gasteiger charge is -2.21. The van der Waals surface area contributed by atoms with Crippen LogP contribution in [0.3, 0.4) is 0 Å². The smallest absolute Gasteiger partial charge is 0.407 e. The Hall–Kier alpha value is -1.46. The van der Waals surface area contributed by atoms with Gasteiger partial charge in [-0.25, -0.2) is 4.79 Å². The third kappa shape index (κ3) is 5.29. The zero-order valence-corrected chi connectivity index (χ0v) is 14.6. The molecule has 1 amide bonds. The van der Waals surface area contributed by atoms with Gasteiger partial charge >= 0.3 is 6.09 Å². The number of hydrogen-bond donors (Lipinski definition) is 2. The summed E-state index contributed by atoms with van der Waals surface area (Å²) in [5.74, 6) is 0.736. The Morgan fingerprint density at radius 3 is 2.87 bits per heavy atom. The third-order valence-corrected chi connectivity index (χ3v) is 3.74. The zero-order valence-electron chi connectivity index (χ0n) is 13.8. The Morgan fingerprint density at radius 1 is 1.48 bits per heavy atom. The summed E-state index contributed by atoms with van der Waals surface area (Å²) in [7, 11) is 0. The third-order valence-electron chi connectivity index (χ3n) is 3.53. The van der Waals surface area contributed by atoms with E-state index >= 15 is 0 Å². The van der Waals surface area contributed by atoms with Crippen molar-refractivity contribution < 1.29 is 19.4 Å². The standard InChI is InChI=1S/C17H24ClNO4/c1-17(2,3)23-16(21)19-9-11(10-20)6-13-8-14(18)7-12-4-5-22-15(12)13/h7-8,11,20H,4-6,9-10H2,1-3H3,(H,19,21). The number of halogens is 1. The normalized spacial score (nSPS) is 14.8. The molecule has 6 heteroatoms. The number of aliphatic hydroxyl groups is 1. The molecule has 1 aromatic rings. The second kappa shape index (κ2) is 7.41. The van der Waals surface area contributed by atoms with Crippen molar-refractivity contribution in [3.8, 4) is 5.75 Å². The van der Waals surface area contributed by atoms with Gasteiger partial charge in [0.1, 0.15) is 11.4 Å². The summed E-state index contributed by atoms with van der Waals surface area (Å²) < 4.78 is 10.9. The van der Waals surface area contributed by atoms with E-state index in [9.17, 15) is 9.90 Å². The van der Waals surface area contributed by atoms with E-state index in [0.29, 0.717) is 24.6 Å². The highest BCUT2D eigenvalue weighted by Crippen LogP contribution is 2.34. The van der Waals surface area contributed by atoms with Crippen LogP contribution in [-0.4, -0.2) is 36.6 Å². The van der Waals surface area contributed by atoms with Gasteiger partial charge in [0.05, 0.1) is 6.61 Å². The minimum absolute atomic E-state index is 0.0446. The summed E-state index contributed by atoms with van der Waals surface area (Å²) in [5, 5.41) is 13.0. The second-order valence-corrected chi connectivity index (χ2v) is 7.22. The van der Waals surface area contributed by atoms with Crippen molar-refractivity contribution in [1.82, 2.24) is 5.32 Å². The molecule has 1 unspecified atom stereocenters. The van der Waals surface area contributed by atoms with Crippen molar-refractivity contribution in [2.45, 2.75) is 39.2 Å². The number of rotatable bonds is 5. The van der Waals surface area contributed by atoms with E-state index in [1.54, 1.807) is 0 Å². The molecule has 5 nitrogen and oxygen atoms in total. The van der Waals surface area contributed by atoms with E-state index in [2.05, 4.69) is 5.32 Å². The molecule has 128 valence electrons. The van der Waals surface area contributed by atoms with Crippen LogP contribution in [0, 0.1) is 5.92 Å². The van der Waals surface area contributed by atoms with Gasteiger partial charge in [0.25, 0.3) is 0 Å². The van der Waals surface area contributed by atoms with E-state index in [1.165, 1.54) is 0 Å². The van der Waals surface area contributed by atoms with Crippen LogP contribution in [0.25, 0.3) is 0 Å². The summed E-state index contributed by atoms with van der Waals surface area (Å²) in [6.45, 7) is 6.36. The maximum Gasteiger partial charge on any atom is 0.407 e. The number of benzene rings is 1. The van der Waals surface area contributed by atoms with Crippen LogP contribution in [0.4, 0.5) is 4.79 Å². The Labute approximate surface area is 141 Å². The number of fused-ring (bicyclic) bond motifs is 1. The van der Waals surface area contributed by atoms with Gasteiger partial charge in [-0.15, -0.1) is 0 Å². The van der Waals surface area contributed by atoms with Gasteiger partial charge in [-0.05, 0) is 50.5 Å². The van der Waals surface area contributed by atoms with Gasteiger partial charge in [0.15, 0.2) is 0 Å². The number of nitrogens with one attached hydrogen (secondary N) is 1. The zero-order chi connectivity index (χ0) is 17.0. The van der Waals surface area contributed by atoms with Gasteiger partial charge in [-0.3, -0.25) is 0 Å². The molecule has 1 heterocycles. The van der Waals surface area contributed by atoms with Crippen molar-refractivity contribution in [3.05, 3.63) is 28.3 Å². The van der Waals surface area contributed by atoms with Crippen LogP contribution in [-0.2, 0) is 17.6 Å². The molecule has 0 fully saturated rings. The number of carbonyl (C=O) groups excluding carboxylic acids is 1. The molecule has 2 rings (SSSR count).